The van der Waals surface area contributed by atoms with Crippen LogP contribution in [0.3, 0.4) is 0 Å². The Bertz CT molecular complexity index is 487. The quantitative estimate of drug-likeness (QED) is 0.825. The van der Waals surface area contributed by atoms with Gasteiger partial charge < -0.3 is 15.4 Å². The number of carbonyl (C=O) groups excluding carboxylic acids is 1. The molecule has 6 heteroatoms. The fraction of sp³-hybridized carbons (Fsp3) is 0.588. The number of hydrogen-bond donors (Lipinski definition) is 1. The van der Waals surface area contributed by atoms with E-state index in [0.717, 1.165) is 51.3 Å². The van der Waals surface area contributed by atoms with Gasteiger partial charge in [-0.15, -0.1) is 0 Å². The monoisotopic (exact) mass is 339 g/mol. The average Bonchev–Trinajstić information content (AvgIpc) is 2.57. The van der Waals surface area contributed by atoms with Crippen LogP contribution >= 0.6 is 11.6 Å². The third kappa shape index (κ3) is 5.68. The van der Waals surface area contributed by atoms with E-state index in [1.807, 2.05) is 36.1 Å². The van der Waals surface area contributed by atoms with E-state index < -0.39 is 0 Å². The third-order valence-corrected chi connectivity index (χ3v) is 4.34. The van der Waals surface area contributed by atoms with Gasteiger partial charge in [-0.3, -0.25) is 9.69 Å². The molecule has 1 aliphatic heterocycles. The second-order valence-corrected chi connectivity index (χ2v) is 6.30. The van der Waals surface area contributed by atoms with Gasteiger partial charge in [0.15, 0.2) is 0 Å². The van der Waals surface area contributed by atoms with E-state index >= 15 is 0 Å². The Morgan fingerprint density at radius 1 is 1.26 bits per heavy atom. The summed E-state index contributed by atoms with van der Waals surface area (Å²) in [5, 5.41) is 0.708. The molecule has 1 fully saturated rings. The van der Waals surface area contributed by atoms with Crippen molar-refractivity contribution in [3.05, 3.63) is 29.3 Å². The van der Waals surface area contributed by atoms with Gasteiger partial charge in [-0.1, -0.05) is 24.9 Å². The minimum Gasteiger partial charge on any atom is -0.492 e. The van der Waals surface area contributed by atoms with E-state index in [4.69, 9.17) is 22.1 Å². The number of nitrogens with zero attached hydrogens (tertiary/aromatic N) is 2. The first-order chi connectivity index (χ1) is 11.1. The van der Waals surface area contributed by atoms with Gasteiger partial charge in [0, 0.05) is 37.7 Å². The largest absolute Gasteiger partial charge is 0.492 e. The van der Waals surface area contributed by atoms with E-state index in [1.54, 1.807) is 0 Å². The van der Waals surface area contributed by atoms with E-state index in [0.29, 0.717) is 11.6 Å². The Balaban J connectivity index is 1.66. The van der Waals surface area contributed by atoms with Crippen molar-refractivity contribution in [1.29, 1.82) is 0 Å². The lowest BCUT2D eigenvalue weighted by atomic mass is 10.1. The highest BCUT2D eigenvalue weighted by molar-refractivity contribution is 6.30. The van der Waals surface area contributed by atoms with Crippen LogP contribution < -0.4 is 10.5 Å². The summed E-state index contributed by atoms with van der Waals surface area (Å²) in [4.78, 5) is 16.4. The molecule has 0 saturated carbocycles. The van der Waals surface area contributed by atoms with Gasteiger partial charge in [0.2, 0.25) is 5.91 Å². The van der Waals surface area contributed by atoms with Crippen LogP contribution in [0.2, 0.25) is 5.02 Å². The van der Waals surface area contributed by atoms with Gasteiger partial charge in [-0.2, -0.15) is 0 Å². The van der Waals surface area contributed by atoms with Crippen molar-refractivity contribution in [1.82, 2.24) is 9.80 Å². The number of ether oxygens (including phenoxy) is 1. The zero-order valence-electron chi connectivity index (χ0n) is 13.7. The fourth-order valence-electron chi connectivity index (χ4n) is 2.68. The number of rotatable bonds is 7. The van der Waals surface area contributed by atoms with Crippen LogP contribution in [0, 0.1) is 0 Å². The van der Waals surface area contributed by atoms with Crippen LogP contribution in [0.25, 0.3) is 0 Å². The molecule has 1 aromatic rings. The summed E-state index contributed by atoms with van der Waals surface area (Å²) in [6.45, 7) is 6.76. The maximum atomic E-state index is 12.2. The SMILES string of the molecule is CCCC(N)C(=O)N1CCN(CCOc2ccc(Cl)cc2)CC1. The third-order valence-electron chi connectivity index (χ3n) is 4.09. The summed E-state index contributed by atoms with van der Waals surface area (Å²) < 4.78 is 5.71. The first-order valence-corrected chi connectivity index (χ1v) is 8.63. The summed E-state index contributed by atoms with van der Waals surface area (Å²) >= 11 is 5.84. The lowest BCUT2D eigenvalue weighted by Gasteiger charge is -2.35. The number of nitrogens with two attached hydrogens (primary N) is 1. The number of hydrogen-bond acceptors (Lipinski definition) is 4. The van der Waals surface area contributed by atoms with E-state index in [-0.39, 0.29) is 11.9 Å². The van der Waals surface area contributed by atoms with Gasteiger partial charge in [0.1, 0.15) is 12.4 Å². The smallest absolute Gasteiger partial charge is 0.239 e. The highest BCUT2D eigenvalue weighted by atomic mass is 35.5. The second kappa shape index (κ2) is 9.11. The van der Waals surface area contributed by atoms with E-state index in [9.17, 15) is 4.79 Å². The molecule has 0 radical (unpaired) electrons. The Kier molecular flexibility index (Phi) is 7.15. The van der Waals surface area contributed by atoms with E-state index in [1.165, 1.54) is 0 Å². The summed E-state index contributed by atoms with van der Waals surface area (Å²) in [5.74, 6) is 0.915. The second-order valence-electron chi connectivity index (χ2n) is 5.86. The van der Waals surface area contributed by atoms with Gasteiger partial charge in [0.05, 0.1) is 6.04 Å². The number of benzene rings is 1. The molecule has 2 rings (SSSR count). The Morgan fingerprint density at radius 2 is 1.91 bits per heavy atom. The van der Waals surface area contributed by atoms with Crippen molar-refractivity contribution in [2.75, 3.05) is 39.3 Å². The minimum atomic E-state index is -0.347. The van der Waals surface area contributed by atoms with Crippen LogP contribution in [0.15, 0.2) is 24.3 Å². The zero-order valence-corrected chi connectivity index (χ0v) is 14.5. The Labute approximate surface area is 143 Å². The van der Waals surface area contributed by atoms with Crippen molar-refractivity contribution < 1.29 is 9.53 Å². The maximum absolute atomic E-state index is 12.2. The van der Waals surface area contributed by atoms with Crippen molar-refractivity contribution in [3.63, 3.8) is 0 Å². The molecule has 1 aromatic carbocycles. The molecule has 1 heterocycles. The number of carbonyl (C=O) groups is 1. The molecule has 1 aliphatic rings. The Hall–Kier alpha value is -1.30. The topological polar surface area (TPSA) is 58.8 Å². The van der Waals surface area contributed by atoms with Crippen molar-refractivity contribution in [2.45, 2.75) is 25.8 Å². The fourth-order valence-corrected chi connectivity index (χ4v) is 2.81. The van der Waals surface area contributed by atoms with Crippen LogP contribution in [0.5, 0.6) is 5.75 Å². The predicted octanol–water partition coefficient (Wildman–Crippen LogP) is 1.99. The standard InChI is InChI=1S/C17H26ClN3O2/c1-2-3-16(19)17(22)21-10-8-20(9-11-21)12-13-23-15-6-4-14(18)5-7-15/h4-7,16H,2-3,8-13,19H2,1H3. The van der Waals surface area contributed by atoms with Crippen LogP contribution in [0.4, 0.5) is 0 Å². The first-order valence-electron chi connectivity index (χ1n) is 8.25. The average molecular weight is 340 g/mol. The number of piperazine rings is 1. The molecule has 23 heavy (non-hydrogen) atoms. The molecule has 2 N–H and O–H groups in total. The van der Waals surface area contributed by atoms with Crippen LogP contribution in [0.1, 0.15) is 19.8 Å². The zero-order chi connectivity index (χ0) is 16.7. The molecular weight excluding hydrogens is 314 g/mol. The van der Waals surface area contributed by atoms with Gasteiger partial charge in [0.25, 0.3) is 0 Å². The summed E-state index contributed by atoms with van der Waals surface area (Å²) in [7, 11) is 0. The molecule has 1 unspecified atom stereocenters. The highest BCUT2D eigenvalue weighted by Crippen LogP contribution is 2.15. The highest BCUT2D eigenvalue weighted by Gasteiger charge is 2.24. The lowest BCUT2D eigenvalue weighted by molar-refractivity contribution is -0.134. The van der Waals surface area contributed by atoms with Gasteiger partial charge >= 0.3 is 0 Å². The first kappa shape index (κ1) is 18.0. The molecule has 0 aliphatic carbocycles. The van der Waals surface area contributed by atoms with Crippen LogP contribution in [-0.2, 0) is 4.79 Å². The number of halogens is 1. The molecule has 0 aromatic heterocycles. The predicted molar refractivity (Wildman–Crippen MR) is 92.9 cm³/mol. The van der Waals surface area contributed by atoms with Crippen molar-refractivity contribution in [2.24, 2.45) is 5.73 Å². The molecule has 1 saturated heterocycles. The summed E-state index contributed by atoms with van der Waals surface area (Å²) in [5.41, 5.74) is 5.91. The summed E-state index contributed by atoms with van der Waals surface area (Å²) in [6, 6.07) is 7.03. The minimum absolute atomic E-state index is 0.0870. The summed E-state index contributed by atoms with van der Waals surface area (Å²) in [6.07, 6.45) is 1.70. The van der Waals surface area contributed by atoms with E-state index in [2.05, 4.69) is 4.90 Å². The van der Waals surface area contributed by atoms with Crippen molar-refractivity contribution >= 4 is 17.5 Å². The lowest BCUT2D eigenvalue weighted by Crippen LogP contribution is -2.53. The molecule has 1 atom stereocenters. The van der Waals surface area contributed by atoms with Gasteiger partial charge in [-0.25, -0.2) is 0 Å². The molecule has 0 spiro atoms. The molecular formula is C17H26ClN3O2. The Morgan fingerprint density at radius 3 is 2.52 bits per heavy atom. The van der Waals surface area contributed by atoms with Crippen LogP contribution in [-0.4, -0.2) is 61.1 Å². The molecule has 1 amide bonds. The molecule has 5 nitrogen and oxygen atoms in total. The maximum Gasteiger partial charge on any atom is 0.239 e. The normalized spacial score (nSPS) is 17.1. The molecule has 128 valence electrons. The van der Waals surface area contributed by atoms with Gasteiger partial charge in [-0.05, 0) is 30.7 Å². The number of amides is 1. The van der Waals surface area contributed by atoms with Crippen molar-refractivity contribution in [3.8, 4) is 5.75 Å². The molecule has 0 bridgehead atoms.